The highest BCUT2D eigenvalue weighted by Crippen LogP contribution is 2.30. The Morgan fingerprint density at radius 2 is 0.740 bits per heavy atom. The van der Waals surface area contributed by atoms with Crippen LogP contribution in [-0.2, 0) is 4.79 Å². The Kier molecular flexibility index (Phi) is 12.2. The Morgan fingerprint density at radius 3 is 1.18 bits per heavy atom. The third-order valence-corrected chi connectivity index (χ3v) is 6.88. The van der Waals surface area contributed by atoms with E-state index in [9.17, 15) is 35.4 Å². The van der Waals surface area contributed by atoms with Gasteiger partial charge in [-0.15, -0.1) is 0 Å². The maximum atomic E-state index is 10.2. The van der Waals surface area contributed by atoms with E-state index in [4.69, 9.17) is 10.2 Å². The number of aromatic hydroxyl groups is 8. The molecule has 0 fully saturated rings. The minimum atomic E-state index is 0.0235. The number of phenolic OH excluding ortho intramolecular Hbond substituents is 8. The maximum Gasteiger partial charge on any atom is 0.142 e. The van der Waals surface area contributed by atoms with Crippen LogP contribution >= 0.6 is 0 Å². The molecule has 0 aliphatic rings. The Labute approximate surface area is 287 Å². The molecule has 0 radical (unpaired) electrons. The summed E-state index contributed by atoms with van der Waals surface area (Å²) in [5.41, 5.74) is 4.07. The van der Waals surface area contributed by atoms with E-state index in [2.05, 4.69) is 0 Å². The van der Waals surface area contributed by atoms with Gasteiger partial charge in [0.15, 0.2) is 0 Å². The lowest BCUT2D eigenvalue weighted by Crippen LogP contribution is -1.78. The second kappa shape index (κ2) is 17.1. The summed E-state index contributed by atoms with van der Waals surface area (Å²) in [6.07, 6.45) is 10.9. The standard InChI is InChI=1S/2C14H12O3.C13H10O3/c2*15-12-5-3-10(4-6-12)1-2-11-7-13(16)9-14(17)8-11;14-5-1-2-9-3-4-10-7-11(15)8-13(16)12(10)6-9/h2*1-9,15-17H;1-8,15-16H/b2-1+;2-1-;2-1+. The molecule has 252 valence electrons. The number of rotatable bonds is 6. The van der Waals surface area contributed by atoms with Crippen molar-refractivity contribution in [3.8, 4) is 46.0 Å². The first-order chi connectivity index (χ1) is 24.0. The molecule has 8 N–H and O–H groups in total. The molecule has 0 spiro atoms. The van der Waals surface area contributed by atoms with Gasteiger partial charge < -0.3 is 40.9 Å². The molecule has 50 heavy (non-hydrogen) atoms. The summed E-state index contributed by atoms with van der Waals surface area (Å²) in [7, 11) is 0. The predicted octanol–water partition coefficient (Wildman–Crippen LogP) is 8.41. The van der Waals surface area contributed by atoms with Gasteiger partial charge in [-0.2, -0.15) is 0 Å². The molecule has 9 heteroatoms. The fraction of sp³-hybridized carbons (Fsp3) is 0. The second-order valence-corrected chi connectivity index (χ2v) is 10.9. The summed E-state index contributed by atoms with van der Waals surface area (Å²) < 4.78 is 0. The van der Waals surface area contributed by atoms with Gasteiger partial charge in [0.05, 0.1) is 0 Å². The molecule has 0 heterocycles. The van der Waals surface area contributed by atoms with Gasteiger partial charge in [-0.1, -0.05) is 66.8 Å². The van der Waals surface area contributed by atoms with Gasteiger partial charge in [0.1, 0.15) is 52.3 Å². The van der Waals surface area contributed by atoms with E-state index in [0.29, 0.717) is 22.8 Å². The lowest BCUT2D eigenvalue weighted by Gasteiger charge is -2.03. The Morgan fingerprint density at radius 1 is 0.340 bits per heavy atom. The quantitative estimate of drug-likeness (QED) is 0.0491. The van der Waals surface area contributed by atoms with Crippen molar-refractivity contribution in [2.24, 2.45) is 0 Å². The van der Waals surface area contributed by atoms with Crippen LogP contribution in [0.25, 0.3) is 41.2 Å². The van der Waals surface area contributed by atoms with Gasteiger partial charge in [0.2, 0.25) is 0 Å². The molecule has 0 unspecified atom stereocenters. The van der Waals surface area contributed by atoms with Crippen LogP contribution in [0.4, 0.5) is 0 Å². The lowest BCUT2D eigenvalue weighted by atomic mass is 10.1. The summed E-state index contributed by atoms with van der Waals surface area (Å²) in [5.74, 6) is 0.586. The first-order valence-electron chi connectivity index (χ1n) is 15.1. The SMILES string of the molecule is O=C/C=C/c1ccc2cc(O)cc(O)c2c1.Oc1ccc(/C=C/c2cc(O)cc(O)c2)cc1.Oc1ccc(/C=C\c2cc(O)cc(O)c2)cc1. The van der Waals surface area contributed by atoms with E-state index in [0.717, 1.165) is 22.1 Å². The predicted molar refractivity (Wildman–Crippen MR) is 196 cm³/mol. The van der Waals surface area contributed by atoms with Gasteiger partial charge >= 0.3 is 0 Å². The molecule has 0 aliphatic carbocycles. The molecule has 6 rings (SSSR count). The van der Waals surface area contributed by atoms with Gasteiger partial charge in [0, 0.05) is 23.6 Å². The van der Waals surface area contributed by atoms with Crippen LogP contribution in [0.1, 0.15) is 27.8 Å². The van der Waals surface area contributed by atoms with Crippen LogP contribution in [-0.4, -0.2) is 47.1 Å². The summed E-state index contributed by atoms with van der Waals surface area (Å²) in [6.45, 7) is 0. The zero-order valence-corrected chi connectivity index (χ0v) is 26.5. The van der Waals surface area contributed by atoms with E-state index in [-0.39, 0.29) is 46.0 Å². The molecule has 6 aromatic carbocycles. The molecule has 0 saturated heterocycles. The van der Waals surface area contributed by atoms with Crippen molar-refractivity contribution in [2.75, 3.05) is 0 Å². The smallest absolute Gasteiger partial charge is 0.142 e. The lowest BCUT2D eigenvalue weighted by molar-refractivity contribution is -0.104. The minimum absolute atomic E-state index is 0.0235. The monoisotopic (exact) mass is 670 g/mol. The molecule has 0 aromatic heterocycles. The van der Waals surface area contributed by atoms with Crippen LogP contribution in [0.5, 0.6) is 46.0 Å². The second-order valence-electron chi connectivity index (χ2n) is 10.9. The highest BCUT2D eigenvalue weighted by molar-refractivity contribution is 5.91. The highest BCUT2D eigenvalue weighted by atomic mass is 16.3. The number of carbonyl (C=O) groups excluding carboxylic acids is 1. The van der Waals surface area contributed by atoms with Crippen molar-refractivity contribution in [3.63, 3.8) is 0 Å². The zero-order chi connectivity index (χ0) is 36.0. The number of aldehydes is 1. The molecule has 0 bridgehead atoms. The van der Waals surface area contributed by atoms with Crippen molar-refractivity contribution >= 4 is 47.4 Å². The Balaban J connectivity index is 0.000000169. The molecule has 0 amide bonds. The zero-order valence-electron chi connectivity index (χ0n) is 26.5. The largest absolute Gasteiger partial charge is 0.508 e. The summed E-state index contributed by atoms with van der Waals surface area (Å²) in [4.78, 5) is 10.2. The van der Waals surface area contributed by atoms with Gasteiger partial charge in [-0.25, -0.2) is 0 Å². The van der Waals surface area contributed by atoms with Gasteiger partial charge in [-0.05, 0) is 99.9 Å². The molecule has 9 nitrogen and oxygen atoms in total. The topological polar surface area (TPSA) is 179 Å². The highest BCUT2D eigenvalue weighted by Gasteiger charge is 2.03. The third-order valence-electron chi connectivity index (χ3n) is 6.88. The van der Waals surface area contributed by atoms with E-state index in [1.165, 1.54) is 24.3 Å². The van der Waals surface area contributed by atoms with Crippen LogP contribution in [0.2, 0.25) is 0 Å². The average molecular weight is 671 g/mol. The molecule has 0 atom stereocenters. The molecule has 0 aliphatic heterocycles. The van der Waals surface area contributed by atoms with Gasteiger partial charge in [0.25, 0.3) is 0 Å². The number of carbonyl (C=O) groups is 1. The third kappa shape index (κ3) is 11.3. The number of fused-ring (bicyclic) bond motifs is 1. The molecule has 6 aromatic rings. The van der Waals surface area contributed by atoms with E-state index in [1.54, 1.807) is 115 Å². The van der Waals surface area contributed by atoms with Crippen LogP contribution < -0.4 is 0 Å². The van der Waals surface area contributed by atoms with E-state index < -0.39 is 0 Å². The molecular weight excluding hydrogens is 636 g/mol. The van der Waals surface area contributed by atoms with Crippen molar-refractivity contribution in [1.82, 2.24) is 0 Å². The van der Waals surface area contributed by atoms with Crippen molar-refractivity contribution in [3.05, 3.63) is 149 Å². The fourth-order valence-corrected chi connectivity index (χ4v) is 4.58. The number of hydrogen-bond acceptors (Lipinski definition) is 9. The average Bonchev–Trinajstić information content (AvgIpc) is 3.07. The Bertz CT molecular complexity index is 2000. The van der Waals surface area contributed by atoms with E-state index >= 15 is 0 Å². The Hall–Kier alpha value is -7.13. The summed E-state index contributed by atoms with van der Waals surface area (Å²) >= 11 is 0. The maximum absolute atomic E-state index is 10.2. The summed E-state index contributed by atoms with van der Waals surface area (Å²) in [5, 5.41) is 75.8. The van der Waals surface area contributed by atoms with Crippen molar-refractivity contribution in [2.45, 2.75) is 0 Å². The van der Waals surface area contributed by atoms with E-state index in [1.807, 2.05) is 12.2 Å². The van der Waals surface area contributed by atoms with Crippen LogP contribution in [0, 0.1) is 0 Å². The fourth-order valence-electron chi connectivity index (χ4n) is 4.58. The number of allylic oxidation sites excluding steroid dienone is 1. The normalized spacial score (nSPS) is 10.9. The van der Waals surface area contributed by atoms with Crippen LogP contribution in [0.3, 0.4) is 0 Å². The molecule has 0 saturated carbocycles. The summed E-state index contributed by atoms with van der Waals surface area (Å²) in [6, 6.07) is 30.4. The number of benzene rings is 6. The van der Waals surface area contributed by atoms with Crippen LogP contribution in [0.15, 0.2) is 121 Å². The minimum Gasteiger partial charge on any atom is -0.508 e. The van der Waals surface area contributed by atoms with Crippen molar-refractivity contribution in [1.29, 1.82) is 0 Å². The number of hydrogen-bond donors (Lipinski definition) is 8. The van der Waals surface area contributed by atoms with Crippen molar-refractivity contribution < 1.29 is 45.6 Å². The first-order valence-corrected chi connectivity index (χ1v) is 15.1. The van der Waals surface area contributed by atoms with Gasteiger partial charge in [-0.3, -0.25) is 4.79 Å². The molecular formula is C41H34O9. The first kappa shape index (κ1) is 35.7. The number of phenols is 8.